The molecule has 0 spiro atoms. The Morgan fingerprint density at radius 1 is 1.29 bits per heavy atom. The van der Waals surface area contributed by atoms with Crippen molar-refractivity contribution >= 4 is 23.2 Å². The van der Waals surface area contributed by atoms with Crippen LogP contribution in [0.5, 0.6) is 11.6 Å². The largest absolute Gasteiger partial charge is 0.436 e. The van der Waals surface area contributed by atoms with E-state index < -0.39 is 5.82 Å². The molecule has 0 fully saturated rings. The summed E-state index contributed by atoms with van der Waals surface area (Å²) in [4.78, 5) is 3.81. The minimum absolute atomic E-state index is 0.0697. The average molecular weight is 272 g/mol. The van der Waals surface area contributed by atoms with Gasteiger partial charge in [-0.2, -0.15) is 0 Å². The van der Waals surface area contributed by atoms with Crippen LogP contribution in [-0.4, -0.2) is 4.98 Å². The van der Waals surface area contributed by atoms with Crippen LogP contribution in [-0.2, 0) is 5.88 Å². The summed E-state index contributed by atoms with van der Waals surface area (Å²) < 4.78 is 19.1. The summed E-state index contributed by atoms with van der Waals surface area (Å²) in [5.74, 6) is -0.163. The standard InChI is InChI=1S/C12H8Cl2FNO/c13-7-8-4-5-16-12(11(8)15)17-10-3-1-2-9(14)6-10/h1-6H,7H2. The third-order valence-corrected chi connectivity index (χ3v) is 2.61. The van der Waals surface area contributed by atoms with Gasteiger partial charge in [0.25, 0.3) is 5.88 Å². The van der Waals surface area contributed by atoms with Crippen LogP contribution in [0.2, 0.25) is 5.02 Å². The Kier molecular flexibility index (Phi) is 3.82. The van der Waals surface area contributed by atoms with E-state index in [0.717, 1.165) is 0 Å². The van der Waals surface area contributed by atoms with Crippen LogP contribution in [0, 0.1) is 5.82 Å². The number of alkyl halides is 1. The summed E-state index contributed by atoms with van der Waals surface area (Å²) in [6.45, 7) is 0. The lowest BCUT2D eigenvalue weighted by Crippen LogP contribution is -1.95. The Bertz CT molecular complexity index is 534. The average Bonchev–Trinajstić information content (AvgIpc) is 2.32. The van der Waals surface area contributed by atoms with E-state index in [9.17, 15) is 4.39 Å². The fourth-order valence-electron chi connectivity index (χ4n) is 1.28. The molecule has 0 saturated carbocycles. The van der Waals surface area contributed by atoms with E-state index in [0.29, 0.717) is 16.3 Å². The van der Waals surface area contributed by atoms with E-state index in [4.69, 9.17) is 27.9 Å². The summed E-state index contributed by atoms with van der Waals surface area (Å²) in [5.41, 5.74) is 0.346. The smallest absolute Gasteiger partial charge is 0.256 e. The number of benzene rings is 1. The lowest BCUT2D eigenvalue weighted by molar-refractivity contribution is 0.420. The minimum Gasteiger partial charge on any atom is -0.436 e. The second-order valence-corrected chi connectivity index (χ2v) is 3.99. The molecule has 0 saturated heterocycles. The molecule has 2 nitrogen and oxygen atoms in total. The highest BCUT2D eigenvalue weighted by Gasteiger charge is 2.10. The first kappa shape index (κ1) is 12.1. The fourth-order valence-corrected chi connectivity index (χ4v) is 1.67. The van der Waals surface area contributed by atoms with Crippen molar-refractivity contribution < 1.29 is 9.13 Å². The van der Waals surface area contributed by atoms with Gasteiger partial charge in [0.05, 0.1) is 5.88 Å². The minimum atomic E-state index is -0.553. The Hall–Kier alpha value is -1.32. The molecule has 1 aromatic carbocycles. The monoisotopic (exact) mass is 271 g/mol. The van der Waals surface area contributed by atoms with Gasteiger partial charge >= 0.3 is 0 Å². The number of ether oxygens (including phenoxy) is 1. The van der Waals surface area contributed by atoms with Crippen molar-refractivity contribution in [1.82, 2.24) is 4.98 Å². The molecule has 0 aliphatic carbocycles. The first-order valence-electron chi connectivity index (χ1n) is 4.83. The lowest BCUT2D eigenvalue weighted by atomic mass is 10.3. The summed E-state index contributed by atoms with van der Waals surface area (Å²) in [6, 6.07) is 8.16. The molecule has 1 heterocycles. The summed E-state index contributed by atoms with van der Waals surface area (Å²) in [7, 11) is 0. The molecular formula is C12H8Cl2FNO. The normalized spacial score (nSPS) is 10.3. The zero-order valence-electron chi connectivity index (χ0n) is 8.66. The zero-order chi connectivity index (χ0) is 12.3. The van der Waals surface area contributed by atoms with Crippen molar-refractivity contribution in [2.24, 2.45) is 0 Å². The maximum atomic E-state index is 13.8. The van der Waals surface area contributed by atoms with Gasteiger partial charge in [-0.15, -0.1) is 11.6 Å². The molecule has 1 aromatic heterocycles. The van der Waals surface area contributed by atoms with Crippen molar-refractivity contribution in [3.05, 3.63) is 52.9 Å². The highest BCUT2D eigenvalue weighted by Crippen LogP contribution is 2.26. The van der Waals surface area contributed by atoms with Crippen LogP contribution in [0.1, 0.15) is 5.56 Å². The van der Waals surface area contributed by atoms with Crippen molar-refractivity contribution in [2.75, 3.05) is 0 Å². The van der Waals surface area contributed by atoms with E-state index >= 15 is 0 Å². The summed E-state index contributed by atoms with van der Waals surface area (Å²) in [5, 5.41) is 0.511. The first-order valence-corrected chi connectivity index (χ1v) is 5.74. The summed E-state index contributed by atoms with van der Waals surface area (Å²) >= 11 is 11.4. The Morgan fingerprint density at radius 3 is 2.82 bits per heavy atom. The second-order valence-electron chi connectivity index (χ2n) is 3.28. The van der Waals surface area contributed by atoms with Crippen molar-refractivity contribution in [3.8, 4) is 11.6 Å². The van der Waals surface area contributed by atoms with E-state index in [2.05, 4.69) is 4.98 Å². The molecule has 0 unspecified atom stereocenters. The molecule has 0 aliphatic heterocycles. The molecule has 0 amide bonds. The highest BCUT2D eigenvalue weighted by atomic mass is 35.5. The number of hydrogen-bond acceptors (Lipinski definition) is 2. The molecule has 88 valence electrons. The van der Waals surface area contributed by atoms with Gasteiger partial charge in [0.2, 0.25) is 0 Å². The molecule has 0 bridgehead atoms. The second kappa shape index (κ2) is 5.34. The third kappa shape index (κ3) is 2.87. The van der Waals surface area contributed by atoms with Gasteiger partial charge < -0.3 is 4.74 Å². The van der Waals surface area contributed by atoms with Crippen LogP contribution in [0.3, 0.4) is 0 Å². The number of rotatable bonds is 3. The number of pyridine rings is 1. The van der Waals surface area contributed by atoms with Crippen LogP contribution in [0.15, 0.2) is 36.5 Å². The van der Waals surface area contributed by atoms with Crippen LogP contribution < -0.4 is 4.74 Å². The maximum absolute atomic E-state index is 13.8. The van der Waals surface area contributed by atoms with Crippen LogP contribution in [0.25, 0.3) is 0 Å². The zero-order valence-corrected chi connectivity index (χ0v) is 10.2. The van der Waals surface area contributed by atoms with Crippen molar-refractivity contribution in [1.29, 1.82) is 0 Å². The lowest BCUT2D eigenvalue weighted by Gasteiger charge is -2.07. The highest BCUT2D eigenvalue weighted by molar-refractivity contribution is 6.30. The fraction of sp³-hybridized carbons (Fsp3) is 0.0833. The van der Waals surface area contributed by atoms with Gasteiger partial charge in [0, 0.05) is 16.8 Å². The van der Waals surface area contributed by atoms with Crippen molar-refractivity contribution in [2.45, 2.75) is 5.88 Å². The van der Waals surface area contributed by atoms with Crippen LogP contribution >= 0.6 is 23.2 Å². The maximum Gasteiger partial charge on any atom is 0.256 e. The molecule has 2 aromatic rings. The first-order chi connectivity index (χ1) is 8.20. The van der Waals surface area contributed by atoms with Gasteiger partial charge in [-0.05, 0) is 24.3 Å². The Balaban J connectivity index is 2.30. The Morgan fingerprint density at radius 2 is 2.12 bits per heavy atom. The SMILES string of the molecule is Fc1c(CCl)ccnc1Oc1cccc(Cl)c1. The van der Waals surface area contributed by atoms with Gasteiger partial charge in [-0.1, -0.05) is 17.7 Å². The van der Waals surface area contributed by atoms with Gasteiger partial charge in [-0.3, -0.25) is 0 Å². The summed E-state index contributed by atoms with van der Waals surface area (Å²) in [6.07, 6.45) is 1.45. The molecule has 0 aliphatic rings. The number of hydrogen-bond donors (Lipinski definition) is 0. The molecule has 5 heteroatoms. The Labute approximate surface area is 108 Å². The third-order valence-electron chi connectivity index (χ3n) is 2.09. The number of aromatic nitrogens is 1. The molecular weight excluding hydrogens is 264 g/mol. The predicted molar refractivity (Wildman–Crippen MR) is 65.3 cm³/mol. The molecule has 0 radical (unpaired) electrons. The van der Waals surface area contributed by atoms with Gasteiger partial charge in [0.1, 0.15) is 5.75 Å². The number of nitrogens with zero attached hydrogens (tertiary/aromatic N) is 1. The van der Waals surface area contributed by atoms with E-state index in [1.807, 2.05) is 0 Å². The van der Waals surface area contributed by atoms with Crippen molar-refractivity contribution in [3.63, 3.8) is 0 Å². The molecule has 2 rings (SSSR count). The molecule has 0 N–H and O–H groups in total. The van der Waals surface area contributed by atoms with E-state index in [1.54, 1.807) is 24.3 Å². The van der Waals surface area contributed by atoms with Gasteiger partial charge in [0.15, 0.2) is 5.82 Å². The molecule has 17 heavy (non-hydrogen) atoms. The van der Waals surface area contributed by atoms with Crippen LogP contribution in [0.4, 0.5) is 4.39 Å². The topological polar surface area (TPSA) is 22.1 Å². The number of halogens is 3. The quantitative estimate of drug-likeness (QED) is 0.772. The van der Waals surface area contributed by atoms with E-state index in [-0.39, 0.29) is 11.8 Å². The predicted octanol–water partition coefficient (Wildman–Crippen LogP) is 4.41. The molecule has 0 atom stereocenters. The van der Waals surface area contributed by atoms with E-state index in [1.165, 1.54) is 12.3 Å². The van der Waals surface area contributed by atoms with Gasteiger partial charge in [-0.25, -0.2) is 9.37 Å².